The molecule has 0 bridgehead atoms. The fourth-order valence-corrected chi connectivity index (χ4v) is 2.49. The molecule has 1 unspecified atom stereocenters. The number of benzene rings is 1. The lowest BCUT2D eigenvalue weighted by Gasteiger charge is -2.07. The molecular formula is C13H15ClN2OS. The fourth-order valence-electron chi connectivity index (χ4n) is 1.60. The second-order valence-corrected chi connectivity index (χ2v) is 5.89. The number of hydrogen-bond acceptors (Lipinski definition) is 4. The Morgan fingerprint density at radius 1 is 1.39 bits per heavy atom. The van der Waals surface area contributed by atoms with Crippen molar-refractivity contribution in [1.82, 2.24) is 4.98 Å². The number of thiazole rings is 1. The van der Waals surface area contributed by atoms with Crippen LogP contribution >= 0.6 is 22.9 Å². The van der Waals surface area contributed by atoms with E-state index in [9.17, 15) is 0 Å². The first-order valence-electron chi connectivity index (χ1n) is 5.71. The molecule has 0 amide bonds. The Balaban J connectivity index is 1.90. The van der Waals surface area contributed by atoms with Gasteiger partial charge in [-0.25, -0.2) is 4.98 Å². The number of rotatable bonds is 5. The van der Waals surface area contributed by atoms with Gasteiger partial charge in [0.1, 0.15) is 12.4 Å². The van der Waals surface area contributed by atoms with Gasteiger partial charge in [0.2, 0.25) is 0 Å². The first-order chi connectivity index (χ1) is 8.63. The van der Waals surface area contributed by atoms with Crippen LogP contribution in [0.2, 0.25) is 4.47 Å². The van der Waals surface area contributed by atoms with E-state index < -0.39 is 0 Å². The zero-order chi connectivity index (χ0) is 13.0. The second kappa shape index (κ2) is 6.18. The monoisotopic (exact) mass is 282 g/mol. The normalized spacial score (nSPS) is 12.4. The lowest BCUT2D eigenvalue weighted by Crippen LogP contribution is -2.17. The van der Waals surface area contributed by atoms with Gasteiger partial charge in [-0.15, -0.1) is 11.3 Å². The summed E-state index contributed by atoms with van der Waals surface area (Å²) < 4.78 is 6.19. The van der Waals surface area contributed by atoms with Crippen LogP contribution in [0.15, 0.2) is 30.5 Å². The summed E-state index contributed by atoms with van der Waals surface area (Å²) in [5.41, 5.74) is 6.97. The lowest BCUT2D eigenvalue weighted by atomic mass is 10.1. The number of aromatic nitrogens is 1. The Hall–Kier alpha value is -1.10. The summed E-state index contributed by atoms with van der Waals surface area (Å²) in [7, 11) is 0. The number of halogens is 1. The van der Waals surface area contributed by atoms with Gasteiger partial charge in [-0.05, 0) is 31.0 Å². The summed E-state index contributed by atoms with van der Waals surface area (Å²) in [4.78, 5) is 4.98. The average molecular weight is 283 g/mol. The number of nitrogens with two attached hydrogens (primary N) is 1. The molecule has 1 aromatic carbocycles. The largest absolute Gasteiger partial charge is 0.488 e. The van der Waals surface area contributed by atoms with Crippen molar-refractivity contribution in [3.8, 4) is 5.75 Å². The van der Waals surface area contributed by atoms with Gasteiger partial charge >= 0.3 is 0 Å². The maximum absolute atomic E-state index is 5.75. The molecule has 0 aliphatic carbocycles. The third-order valence-electron chi connectivity index (χ3n) is 2.39. The van der Waals surface area contributed by atoms with Crippen LogP contribution in [0.25, 0.3) is 0 Å². The molecule has 0 aliphatic rings. The maximum atomic E-state index is 5.75. The maximum Gasteiger partial charge on any atom is 0.183 e. The van der Waals surface area contributed by atoms with Gasteiger partial charge in [0, 0.05) is 12.2 Å². The second-order valence-electron chi connectivity index (χ2n) is 4.19. The molecule has 18 heavy (non-hydrogen) atoms. The van der Waals surface area contributed by atoms with Crippen LogP contribution in [0.5, 0.6) is 5.75 Å². The summed E-state index contributed by atoms with van der Waals surface area (Å²) in [6.07, 6.45) is 2.61. The van der Waals surface area contributed by atoms with E-state index in [4.69, 9.17) is 22.1 Å². The van der Waals surface area contributed by atoms with Crippen LogP contribution in [-0.4, -0.2) is 11.0 Å². The molecule has 0 saturated carbocycles. The molecule has 0 saturated heterocycles. The van der Waals surface area contributed by atoms with Crippen LogP contribution < -0.4 is 10.5 Å². The van der Waals surface area contributed by atoms with Gasteiger partial charge in [-0.2, -0.15) is 0 Å². The van der Waals surface area contributed by atoms with Crippen molar-refractivity contribution in [2.24, 2.45) is 5.73 Å². The van der Waals surface area contributed by atoms with Gasteiger partial charge in [-0.1, -0.05) is 23.7 Å². The molecule has 0 spiro atoms. The number of hydrogen-bond donors (Lipinski definition) is 1. The van der Waals surface area contributed by atoms with Crippen molar-refractivity contribution < 1.29 is 4.74 Å². The highest BCUT2D eigenvalue weighted by Crippen LogP contribution is 2.20. The molecule has 1 atom stereocenters. The Morgan fingerprint density at radius 3 is 2.67 bits per heavy atom. The predicted molar refractivity (Wildman–Crippen MR) is 75.3 cm³/mol. The van der Waals surface area contributed by atoms with E-state index in [1.807, 2.05) is 31.2 Å². The number of ether oxygens (including phenoxy) is 1. The van der Waals surface area contributed by atoms with Crippen LogP contribution in [0.1, 0.15) is 17.4 Å². The minimum absolute atomic E-state index is 0.177. The zero-order valence-corrected chi connectivity index (χ0v) is 11.7. The molecule has 0 fully saturated rings. The minimum atomic E-state index is 0.177. The molecule has 0 radical (unpaired) electrons. The quantitative estimate of drug-likeness (QED) is 0.916. The SMILES string of the molecule is CC(N)Cc1ccc(OCc2cnc(Cl)s2)cc1. The van der Waals surface area contributed by atoms with Crippen molar-refractivity contribution in [2.75, 3.05) is 0 Å². The van der Waals surface area contributed by atoms with Gasteiger partial charge in [0.05, 0.1) is 4.88 Å². The van der Waals surface area contributed by atoms with Crippen LogP contribution in [0, 0.1) is 0 Å². The molecule has 1 heterocycles. The Bertz CT molecular complexity index is 496. The predicted octanol–water partition coefficient (Wildman–Crippen LogP) is 3.27. The highest BCUT2D eigenvalue weighted by molar-refractivity contribution is 7.15. The van der Waals surface area contributed by atoms with Crippen LogP contribution in [-0.2, 0) is 13.0 Å². The topological polar surface area (TPSA) is 48.1 Å². The van der Waals surface area contributed by atoms with E-state index in [1.54, 1.807) is 6.20 Å². The molecule has 2 rings (SSSR count). The van der Waals surface area contributed by atoms with E-state index in [-0.39, 0.29) is 6.04 Å². The highest BCUT2D eigenvalue weighted by Gasteiger charge is 2.02. The average Bonchev–Trinajstić information content (AvgIpc) is 2.74. The molecule has 96 valence electrons. The highest BCUT2D eigenvalue weighted by atomic mass is 35.5. The van der Waals surface area contributed by atoms with Crippen molar-refractivity contribution in [1.29, 1.82) is 0 Å². The Labute approximate surface area is 116 Å². The molecule has 1 aromatic heterocycles. The van der Waals surface area contributed by atoms with Crippen molar-refractivity contribution in [3.63, 3.8) is 0 Å². The summed E-state index contributed by atoms with van der Waals surface area (Å²) in [6.45, 7) is 2.50. The zero-order valence-electron chi connectivity index (χ0n) is 10.1. The Morgan fingerprint density at radius 2 is 2.11 bits per heavy atom. The lowest BCUT2D eigenvalue weighted by molar-refractivity contribution is 0.309. The van der Waals surface area contributed by atoms with E-state index in [0.29, 0.717) is 11.1 Å². The van der Waals surface area contributed by atoms with E-state index in [2.05, 4.69) is 4.98 Å². The van der Waals surface area contributed by atoms with Gasteiger partial charge < -0.3 is 10.5 Å². The molecule has 5 heteroatoms. The molecule has 0 aliphatic heterocycles. The van der Waals surface area contributed by atoms with Gasteiger partial charge in [0.25, 0.3) is 0 Å². The summed E-state index contributed by atoms with van der Waals surface area (Å²) >= 11 is 7.18. The fraction of sp³-hybridized carbons (Fsp3) is 0.308. The van der Waals surface area contributed by atoms with Crippen molar-refractivity contribution in [2.45, 2.75) is 26.0 Å². The van der Waals surface area contributed by atoms with E-state index in [1.165, 1.54) is 16.9 Å². The molecular weight excluding hydrogens is 268 g/mol. The molecule has 2 N–H and O–H groups in total. The number of nitrogens with zero attached hydrogens (tertiary/aromatic N) is 1. The van der Waals surface area contributed by atoms with Gasteiger partial charge in [-0.3, -0.25) is 0 Å². The van der Waals surface area contributed by atoms with Crippen molar-refractivity contribution >= 4 is 22.9 Å². The first kappa shape index (κ1) is 13.3. The van der Waals surface area contributed by atoms with Crippen molar-refractivity contribution in [3.05, 3.63) is 45.4 Å². The smallest absolute Gasteiger partial charge is 0.183 e. The van der Waals surface area contributed by atoms with E-state index >= 15 is 0 Å². The molecule has 2 aromatic rings. The molecule has 3 nitrogen and oxygen atoms in total. The summed E-state index contributed by atoms with van der Waals surface area (Å²) in [5, 5.41) is 0. The van der Waals surface area contributed by atoms with Crippen LogP contribution in [0.3, 0.4) is 0 Å². The summed E-state index contributed by atoms with van der Waals surface area (Å²) in [5.74, 6) is 0.841. The Kier molecular flexibility index (Phi) is 4.58. The summed E-state index contributed by atoms with van der Waals surface area (Å²) in [6, 6.07) is 8.17. The third-order valence-corrected chi connectivity index (χ3v) is 3.48. The van der Waals surface area contributed by atoms with E-state index in [0.717, 1.165) is 17.0 Å². The third kappa shape index (κ3) is 3.98. The standard InChI is InChI=1S/C13H15ClN2OS/c1-9(15)6-10-2-4-11(5-3-10)17-8-12-7-16-13(14)18-12/h2-5,7,9H,6,8,15H2,1H3. The van der Waals surface area contributed by atoms with Gasteiger partial charge in [0.15, 0.2) is 4.47 Å². The minimum Gasteiger partial charge on any atom is -0.488 e. The van der Waals surface area contributed by atoms with Crippen LogP contribution in [0.4, 0.5) is 0 Å². The first-order valence-corrected chi connectivity index (χ1v) is 6.90.